The minimum absolute atomic E-state index is 0.0663. The molecule has 1 rings (SSSR count). The van der Waals surface area contributed by atoms with E-state index in [4.69, 9.17) is 0 Å². The predicted molar refractivity (Wildman–Crippen MR) is 126 cm³/mol. The van der Waals surface area contributed by atoms with E-state index in [0.717, 1.165) is 23.2 Å². The van der Waals surface area contributed by atoms with Gasteiger partial charge in [-0.2, -0.15) is 0 Å². The molecule has 27 heavy (non-hydrogen) atoms. The summed E-state index contributed by atoms with van der Waals surface area (Å²) in [4.78, 5) is 2.44. The Morgan fingerprint density at radius 2 is 1.41 bits per heavy atom. The van der Waals surface area contributed by atoms with E-state index in [1.165, 1.54) is 51.4 Å². The van der Waals surface area contributed by atoms with Crippen molar-refractivity contribution in [1.29, 1.82) is 0 Å². The molecule has 1 heterocycles. The fourth-order valence-corrected chi connectivity index (χ4v) is 29.4. The molecule has 2 atom stereocenters. The molecule has 0 fully saturated rings. The Hall–Kier alpha value is 0.758. The van der Waals surface area contributed by atoms with Crippen LogP contribution in [0.2, 0.25) is 13.3 Å². The maximum atomic E-state index is 10.2. The van der Waals surface area contributed by atoms with Crippen molar-refractivity contribution < 1.29 is 5.11 Å². The van der Waals surface area contributed by atoms with Gasteiger partial charge in [0.05, 0.1) is 0 Å². The van der Waals surface area contributed by atoms with Crippen molar-refractivity contribution in [3.05, 3.63) is 21.5 Å². The van der Waals surface area contributed by atoms with Crippen molar-refractivity contribution in [2.75, 3.05) is 0 Å². The first-order valence-electron chi connectivity index (χ1n) is 11.8. The summed E-state index contributed by atoms with van der Waals surface area (Å²) >= 11 is -1.64. The van der Waals surface area contributed by atoms with E-state index in [2.05, 4.69) is 44.8 Å². The standard InChI is InChI=1S/C12H19OSe.3C4H9.Sn/c1-2-6-11(13)7-3-4-8-12-9-5-10-14-12;3*1-3-4-2;/h5,8-11,13H,2-4,6-7H2,1H3;3*1,3-4H2,2H3;. The summed E-state index contributed by atoms with van der Waals surface area (Å²) in [5.74, 6) is 0. The van der Waals surface area contributed by atoms with Crippen LogP contribution in [0.3, 0.4) is 0 Å². The number of hydrogen-bond donors (Lipinski definition) is 1. The first kappa shape index (κ1) is 25.8. The van der Waals surface area contributed by atoms with Gasteiger partial charge in [0.15, 0.2) is 0 Å². The third-order valence-corrected chi connectivity index (χ3v) is 27.3. The van der Waals surface area contributed by atoms with Gasteiger partial charge >= 0.3 is 181 Å². The van der Waals surface area contributed by atoms with E-state index in [1.54, 1.807) is 13.3 Å². The molecule has 0 aliphatic heterocycles. The van der Waals surface area contributed by atoms with Crippen molar-refractivity contribution in [2.24, 2.45) is 0 Å². The topological polar surface area (TPSA) is 20.2 Å². The number of hydrogen-bond acceptors (Lipinski definition) is 1. The molecule has 1 nitrogen and oxygen atoms in total. The van der Waals surface area contributed by atoms with Crippen LogP contribution in [-0.2, 0) is 0 Å². The summed E-state index contributed by atoms with van der Waals surface area (Å²) in [5.41, 5.74) is 0. The molecule has 1 aromatic rings. The van der Waals surface area contributed by atoms with Gasteiger partial charge in [0, 0.05) is 0 Å². The van der Waals surface area contributed by atoms with Gasteiger partial charge in [-0.05, 0) is 0 Å². The molecular weight excluding hydrogens is 502 g/mol. The van der Waals surface area contributed by atoms with Crippen LogP contribution >= 0.6 is 0 Å². The molecule has 0 saturated heterocycles. The molecule has 2 unspecified atom stereocenters. The normalized spacial score (nSPS) is 14.4. The van der Waals surface area contributed by atoms with Crippen molar-refractivity contribution in [1.82, 2.24) is 0 Å². The Kier molecular flexibility index (Phi) is 14.9. The van der Waals surface area contributed by atoms with Gasteiger partial charge in [0.2, 0.25) is 0 Å². The molecule has 0 amide bonds. The van der Waals surface area contributed by atoms with E-state index in [1.807, 2.05) is 4.44 Å². The molecule has 0 bridgehead atoms. The summed E-state index contributed by atoms with van der Waals surface area (Å²) in [5, 5.41) is 10.2. The molecule has 1 aromatic heterocycles. The van der Waals surface area contributed by atoms with Crippen molar-refractivity contribution >= 4 is 32.9 Å². The number of unbranched alkanes of at least 4 members (excludes halogenated alkanes) is 3. The van der Waals surface area contributed by atoms with Crippen LogP contribution < -0.4 is 0 Å². The first-order valence-corrected chi connectivity index (χ1v) is 21.4. The number of aliphatic hydroxyl groups excluding tert-OH is 1. The van der Waals surface area contributed by atoms with Crippen LogP contribution in [0.4, 0.5) is 0 Å². The van der Waals surface area contributed by atoms with Crippen molar-refractivity contribution in [2.45, 2.75) is 122 Å². The van der Waals surface area contributed by atoms with Gasteiger partial charge in [-0.15, -0.1) is 0 Å². The quantitative estimate of drug-likeness (QED) is 0.200. The minimum atomic E-state index is -2.25. The van der Waals surface area contributed by atoms with E-state index >= 15 is 0 Å². The van der Waals surface area contributed by atoms with Gasteiger partial charge in [-0.1, -0.05) is 0 Å². The maximum absolute atomic E-state index is 10.2. The second-order valence-corrected chi connectivity index (χ2v) is 24.7. The van der Waals surface area contributed by atoms with Crippen molar-refractivity contribution in [3.8, 4) is 0 Å². The average Bonchev–Trinajstić information content (AvgIpc) is 3.20. The zero-order chi connectivity index (χ0) is 20.0. The molecule has 0 aromatic carbocycles. The second kappa shape index (κ2) is 15.6. The molecule has 0 radical (unpaired) electrons. The summed E-state index contributed by atoms with van der Waals surface area (Å²) in [7, 11) is 0. The van der Waals surface area contributed by atoms with Crippen LogP contribution in [0.1, 0.15) is 107 Å². The van der Waals surface area contributed by atoms with Gasteiger partial charge in [0.25, 0.3) is 0 Å². The molecule has 158 valence electrons. The summed E-state index contributed by atoms with van der Waals surface area (Å²) in [6.07, 6.45) is 14.1. The summed E-state index contributed by atoms with van der Waals surface area (Å²) in [6.45, 7) is 9.33. The van der Waals surface area contributed by atoms with E-state index in [9.17, 15) is 5.11 Å². The fraction of sp³-hybridized carbons (Fsp3) is 0.833. The van der Waals surface area contributed by atoms with Gasteiger partial charge in [-0.3, -0.25) is 0 Å². The first-order chi connectivity index (χ1) is 13.1. The van der Waals surface area contributed by atoms with E-state index in [-0.39, 0.29) is 6.10 Å². The Balaban J connectivity index is 3.02. The Morgan fingerprint density at radius 3 is 1.85 bits per heavy atom. The monoisotopic (exact) mass is 550 g/mol. The fourth-order valence-electron chi connectivity index (χ4n) is 4.76. The number of aliphatic hydroxyl groups is 1. The van der Waals surface area contributed by atoms with Crippen molar-refractivity contribution in [3.63, 3.8) is 0 Å². The van der Waals surface area contributed by atoms with Crippen LogP contribution in [0.5, 0.6) is 0 Å². The molecular formula is C24H46OSeSn. The Labute approximate surface area is 180 Å². The Morgan fingerprint density at radius 1 is 0.815 bits per heavy atom. The third-order valence-electron chi connectivity index (χ3n) is 6.36. The number of rotatable bonds is 17. The van der Waals surface area contributed by atoms with Crippen LogP contribution in [0.25, 0.3) is 0 Å². The zero-order valence-corrected chi connectivity index (χ0v) is 23.2. The van der Waals surface area contributed by atoms with Gasteiger partial charge in [0.1, 0.15) is 0 Å². The molecule has 0 aliphatic carbocycles. The van der Waals surface area contributed by atoms with E-state index < -0.39 is 18.4 Å². The van der Waals surface area contributed by atoms with Crippen LogP contribution in [0, 0.1) is 0 Å². The third kappa shape index (κ3) is 9.41. The zero-order valence-electron chi connectivity index (χ0n) is 18.6. The molecule has 0 spiro atoms. The molecule has 0 aliphatic rings. The molecule has 1 N–H and O–H groups in total. The SMILES string of the molecule is CCC[CH2][Sn]([CH2]CCC)([CH2]CCC)[CH](CCCC(O)CCC)c1ccc[se]1. The van der Waals surface area contributed by atoms with E-state index in [0.29, 0.717) is 14.5 Å². The van der Waals surface area contributed by atoms with Crippen LogP contribution in [0.15, 0.2) is 17.1 Å². The molecule has 0 saturated carbocycles. The second-order valence-electron chi connectivity index (χ2n) is 8.61. The van der Waals surface area contributed by atoms with Gasteiger partial charge < -0.3 is 0 Å². The summed E-state index contributed by atoms with van der Waals surface area (Å²) in [6, 6.07) is 4.84. The van der Waals surface area contributed by atoms with Gasteiger partial charge in [-0.25, -0.2) is 0 Å². The average molecular weight is 548 g/mol. The molecule has 3 heteroatoms. The summed E-state index contributed by atoms with van der Waals surface area (Å²) < 4.78 is 7.63. The predicted octanol–water partition coefficient (Wildman–Crippen LogP) is 7.55. The van der Waals surface area contributed by atoms with Crippen LogP contribution in [-0.4, -0.2) is 44.1 Å². The Bertz CT molecular complexity index is 423.